The number of nitrogens with zero attached hydrogens (tertiary/aromatic N) is 3. The molecule has 1 aliphatic carbocycles. The van der Waals surface area contributed by atoms with E-state index in [-0.39, 0.29) is 5.91 Å². The van der Waals surface area contributed by atoms with E-state index in [1.807, 2.05) is 12.1 Å². The average Bonchev–Trinajstić information content (AvgIpc) is 3.03. The summed E-state index contributed by atoms with van der Waals surface area (Å²) < 4.78 is 1.57. The van der Waals surface area contributed by atoms with Crippen molar-refractivity contribution in [1.29, 1.82) is 0 Å². The number of halogens is 1. The van der Waals surface area contributed by atoms with Gasteiger partial charge in [-0.3, -0.25) is 4.79 Å². The third-order valence-corrected chi connectivity index (χ3v) is 6.27. The number of hydrogen-bond acceptors (Lipinski definition) is 7. The first kappa shape index (κ1) is 16.0. The van der Waals surface area contributed by atoms with Gasteiger partial charge in [0.25, 0.3) is 0 Å². The first-order chi connectivity index (χ1) is 10.6. The van der Waals surface area contributed by atoms with Crippen LogP contribution in [0.2, 0.25) is 4.34 Å². The number of anilines is 1. The van der Waals surface area contributed by atoms with Crippen molar-refractivity contribution in [2.75, 3.05) is 18.1 Å². The van der Waals surface area contributed by atoms with Crippen LogP contribution in [0.5, 0.6) is 0 Å². The molecule has 0 bridgehead atoms. The summed E-state index contributed by atoms with van der Waals surface area (Å²) in [5.41, 5.74) is 0. The molecule has 2 aromatic heterocycles. The molecule has 118 valence electrons. The largest absolute Gasteiger partial charge is 0.357 e. The molecule has 0 atom stereocenters. The van der Waals surface area contributed by atoms with Crippen molar-refractivity contribution in [1.82, 2.24) is 15.1 Å². The van der Waals surface area contributed by atoms with Gasteiger partial charge in [0.1, 0.15) is 0 Å². The molecule has 9 heteroatoms. The first-order valence-corrected chi connectivity index (χ1v) is 9.81. The standard InChI is InChI=1S/C13H15ClN4OS3/c1-18(6-9-4-5-10(14)21-9)11(19)7-20-13-17-16-12(22-13)15-8-2-3-8/h4-5,8H,2-3,6-7H2,1H3,(H,15,16). The van der Waals surface area contributed by atoms with Gasteiger partial charge in [-0.1, -0.05) is 34.7 Å². The number of thioether (sulfide) groups is 1. The number of hydrogen-bond donors (Lipinski definition) is 1. The molecular formula is C13H15ClN4OS3. The maximum Gasteiger partial charge on any atom is 0.233 e. The Morgan fingerprint density at radius 2 is 2.27 bits per heavy atom. The predicted octanol–water partition coefficient (Wildman–Crippen LogP) is 3.58. The fourth-order valence-electron chi connectivity index (χ4n) is 1.72. The van der Waals surface area contributed by atoms with Crippen molar-refractivity contribution in [3.8, 4) is 0 Å². The molecule has 1 aliphatic rings. The monoisotopic (exact) mass is 374 g/mol. The highest BCUT2D eigenvalue weighted by atomic mass is 35.5. The van der Waals surface area contributed by atoms with E-state index < -0.39 is 0 Å². The molecule has 1 fully saturated rings. The normalized spacial score (nSPS) is 14.1. The fraction of sp³-hybridized carbons (Fsp3) is 0.462. The second-order valence-corrected chi connectivity index (χ2v) is 9.04. The van der Waals surface area contributed by atoms with Crippen molar-refractivity contribution >= 4 is 57.1 Å². The number of thiophene rings is 1. The highest BCUT2D eigenvalue weighted by Gasteiger charge is 2.22. The molecule has 3 rings (SSSR count). The molecule has 22 heavy (non-hydrogen) atoms. The number of rotatable bonds is 7. The zero-order chi connectivity index (χ0) is 15.5. The lowest BCUT2D eigenvalue weighted by Gasteiger charge is -2.15. The second kappa shape index (κ2) is 7.16. The summed E-state index contributed by atoms with van der Waals surface area (Å²) >= 11 is 10.3. The second-order valence-electron chi connectivity index (χ2n) is 5.04. The Hall–Kier alpha value is -0.830. The van der Waals surface area contributed by atoms with Gasteiger partial charge in [0, 0.05) is 18.0 Å². The van der Waals surface area contributed by atoms with Crippen LogP contribution in [0.1, 0.15) is 17.7 Å². The van der Waals surface area contributed by atoms with Gasteiger partial charge in [-0.2, -0.15) is 0 Å². The molecule has 2 heterocycles. The van der Waals surface area contributed by atoms with Crippen LogP contribution in [0, 0.1) is 0 Å². The molecule has 2 aromatic rings. The van der Waals surface area contributed by atoms with Gasteiger partial charge in [0.05, 0.1) is 16.6 Å². The van der Waals surface area contributed by atoms with Crippen LogP contribution >= 0.6 is 46.0 Å². The van der Waals surface area contributed by atoms with Crippen molar-refractivity contribution in [2.24, 2.45) is 0 Å². The van der Waals surface area contributed by atoms with Crippen LogP contribution in [-0.4, -0.2) is 39.8 Å². The number of nitrogens with one attached hydrogen (secondary N) is 1. The van der Waals surface area contributed by atoms with Gasteiger partial charge in [0.15, 0.2) is 4.34 Å². The maximum absolute atomic E-state index is 12.1. The van der Waals surface area contributed by atoms with E-state index >= 15 is 0 Å². The number of carbonyl (C=O) groups excluding carboxylic acids is 1. The third-order valence-electron chi connectivity index (χ3n) is 3.08. The minimum absolute atomic E-state index is 0.0708. The minimum Gasteiger partial charge on any atom is -0.357 e. The summed E-state index contributed by atoms with van der Waals surface area (Å²) in [5, 5.41) is 12.3. The van der Waals surface area contributed by atoms with Gasteiger partial charge in [-0.15, -0.1) is 21.5 Å². The summed E-state index contributed by atoms with van der Waals surface area (Å²) in [7, 11) is 1.80. The quantitative estimate of drug-likeness (QED) is 0.750. The van der Waals surface area contributed by atoms with Crippen molar-refractivity contribution in [3.63, 3.8) is 0 Å². The Morgan fingerprint density at radius 1 is 1.45 bits per heavy atom. The van der Waals surface area contributed by atoms with Crippen molar-refractivity contribution < 1.29 is 4.79 Å². The van der Waals surface area contributed by atoms with E-state index in [1.165, 1.54) is 47.3 Å². The zero-order valence-corrected chi connectivity index (χ0v) is 15.1. The lowest BCUT2D eigenvalue weighted by molar-refractivity contribution is -0.127. The van der Waals surface area contributed by atoms with Crippen LogP contribution in [0.15, 0.2) is 16.5 Å². The van der Waals surface area contributed by atoms with Crippen LogP contribution in [0.25, 0.3) is 0 Å². The summed E-state index contributed by atoms with van der Waals surface area (Å²) in [6, 6.07) is 4.37. The summed E-state index contributed by atoms with van der Waals surface area (Å²) in [6.07, 6.45) is 2.41. The SMILES string of the molecule is CN(Cc1ccc(Cl)s1)C(=O)CSc1nnc(NC2CC2)s1. The fourth-order valence-corrected chi connectivity index (χ4v) is 4.63. The Kier molecular flexibility index (Phi) is 5.22. The molecular weight excluding hydrogens is 360 g/mol. The van der Waals surface area contributed by atoms with Crippen LogP contribution in [0.3, 0.4) is 0 Å². The van der Waals surface area contributed by atoms with E-state index in [1.54, 1.807) is 11.9 Å². The molecule has 0 aliphatic heterocycles. The molecule has 0 aromatic carbocycles. The van der Waals surface area contributed by atoms with Gasteiger partial charge in [0.2, 0.25) is 11.0 Å². The molecule has 0 radical (unpaired) electrons. The maximum atomic E-state index is 12.1. The molecule has 1 saturated carbocycles. The Bertz CT molecular complexity index is 655. The highest BCUT2D eigenvalue weighted by molar-refractivity contribution is 8.01. The molecule has 1 amide bonds. The minimum atomic E-state index is 0.0708. The van der Waals surface area contributed by atoms with Crippen LogP contribution in [0.4, 0.5) is 5.13 Å². The van der Waals surface area contributed by atoms with E-state index in [4.69, 9.17) is 11.6 Å². The zero-order valence-electron chi connectivity index (χ0n) is 11.9. The molecule has 0 spiro atoms. The van der Waals surface area contributed by atoms with E-state index in [0.29, 0.717) is 18.3 Å². The van der Waals surface area contributed by atoms with E-state index in [9.17, 15) is 4.79 Å². The lowest BCUT2D eigenvalue weighted by atomic mass is 10.4. The van der Waals surface area contributed by atoms with E-state index in [0.717, 1.165) is 18.7 Å². The van der Waals surface area contributed by atoms with Gasteiger partial charge >= 0.3 is 0 Å². The Balaban J connectivity index is 1.45. The van der Waals surface area contributed by atoms with Gasteiger partial charge < -0.3 is 10.2 Å². The third kappa shape index (κ3) is 4.58. The summed E-state index contributed by atoms with van der Waals surface area (Å²) in [4.78, 5) is 14.9. The first-order valence-electron chi connectivity index (χ1n) is 6.81. The molecule has 1 N–H and O–H groups in total. The number of carbonyl (C=O) groups is 1. The predicted molar refractivity (Wildman–Crippen MR) is 93.1 cm³/mol. The van der Waals surface area contributed by atoms with Crippen molar-refractivity contribution in [3.05, 3.63) is 21.3 Å². The van der Waals surface area contributed by atoms with Crippen LogP contribution in [-0.2, 0) is 11.3 Å². The molecule has 0 unspecified atom stereocenters. The Morgan fingerprint density at radius 3 is 2.95 bits per heavy atom. The molecule has 0 saturated heterocycles. The number of amides is 1. The van der Waals surface area contributed by atoms with Crippen molar-refractivity contribution in [2.45, 2.75) is 29.8 Å². The summed E-state index contributed by atoms with van der Waals surface area (Å²) in [5.74, 6) is 0.439. The average molecular weight is 375 g/mol. The summed E-state index contributed by atoms with van der Waals surface area (Å²) in [6.45, 7) is 0.585. The molecule has 5 nitrogen and oxygen atoms in total. The lowest BCUT2D eigenvalue weighted by Crippen LogP contribution is -2.27. The number of aromatic nitrogens is 2. The smallest absolute Gasteiger partial charge is 0.233 e. The Labute approximate surface area is 146 Å². The van der Waals surface area contributed by atoms with Gasteiger partial charge in [-0.05, 0) is 25.0 Å². The van der Waals surface area contributed by atoms with E-state index in [2.05, 4.69) is 15.5 Å². The van der Waals surface area contributed by atoms with Gasteiger partial charge in [-0.25, -0.2) is 0 Å². The van der Waals surface area contributed by atoms with Crippen LogP contribution < -0.4 is 5.32 Å². The topological polar surface area (TPSA) is 58.1 Å². The highest BCUT2D eigenvalue weighted by Crippen LogP contribution is 2.30.